The minimum atomic E-state index is 0.573. The fraction of sp³-hybridized carbons (Fsp3) is 0.263. The Balaban J connectivity index is 1.41. The van der Waals surface area contributed by atoms with Crippen molar-refractivity contribution in [1.82, 2.24) is 15.0 Å². The van der Waals surface area contributed by atoms with Crippen LogP contribution in [0, 0.1) is 0 Å². The molecule has 4 heteroatoms. The summed E-state index contributed by atoms with van der Waals surface area (Å²) in [7, 11) is 0. The Kier molecular flexibility index (Phi) is 3.90. The number of hydrogen-bond donors (Lipinski definition) is 0. The molecule has 1 unspecified atom stereocenters. The maximum absolute atomic E-state index is 5.49. The van der Waals surface area contributed by atoms with Crippen molar-refractivity contribution in [2.45, 2.75) is 18.9 Å². The number of hydrogen-bond acceptors (Lipinski definition) is 4. The second-order valence-electron chi connectivity index (χ2n) is 6.06. The zero-order valence-electron chi connectivity index (χ0n) is 12.9. The molecule has 1 aromatic carbocycles. The topological polar surface area (TPSA) is 42.2 Å². The summed E-state index contributed by atoms with van der Waals surface area (Å²) in [6.45, 7) is 2.99. The van der Waals surface area contributed by atoms with Gasteiger partial charge in [0.05, 0.1) is 5.69 Å². The van der Waals surface area contributed by atoms with Gasteiger partial charge in [0, 0.05) is 37.1 Å². The predicted octanol–water partition coefficient (Wildman–Crippen LogP) is 3.73. The normalized spacial score (nSPS) is 18.3. The SMILES string of the molecule is c1ccc(-c2cc(CN3CCC(c4cccnc4)C3)no2)cc1. The van der Waals surface area contributed by atoms with E-state index in [1.54, 1.807) is 0 Å². The summed E-state index contributed by atoms with van der Waals surface area (Å²) in [4.78, 5) is 6.66. The van der Waals surface area contributed by atoms with Gasteiger partial charge in [0.15, 0.2) is 5.76 Å². The van der Waals surface area contributed by atoms with Gasteiger partial charge in [-0.25, -0.2) is 0 Å². The van der Waals surface area contributed by atoms with E-state index in [1.165, 1.54) is 12.0 Å². The maximum Gasteiger partial charge on any atom is 0.167 e. The number of aromatic nitrogens is 2. The van der Waals surface area contributed by atoms with Crippen LogP contribution in [0.3, 0.4) is 0 Å². The van der Waals surface area contributed by atoms with Crippen molar-refractivity contribution < 1.29 is 4.52 Å². The van der Waals surface area contributed by atoms with E-state index in [9.17, 15) is 0 Å². The molecule has 1 atom stereocenters. The van der Waals surface area contributed by atoms with Gasteiger partial charge in [0.1, 0.15) is 0 Å². The molecule has 0 spiro atoms. The van der Waals surface area contributed by atoms with Crippen LogP contribution in [0.4, 0.5) is 0 Å². The van der Waals surface area contributed by atoms with Crippen LogP contribution in [0.25, 0.3) is 11.3 Å². The van der Waals surface area contributed by atoms with Crippen LogP contribution >= 0.6 is 0 Å². The highest BCUT2D eigenvalue weighted by Gasteiger charge is 2.24. The first-order valence-electron chi connectivity index (χ1n) is 8.02. The quantitative estimate of drug-likeness (QED) is 0.736. The molecule has 0 radical (unpaired) electrons. The third-order valence-electron chi connectivity index (χ3n) is 4.43. The molecular weight excluding hydrogens is 286 g/mol. The molecule has 116 valence electrons. The van der Waals surface area contributed by atoms with E-state index in [4.69, 9.17) is 4.52 Å². The lowest BCUT2D eigenvalue weighted by Gasteiger charge is -2.14. The van der Waals surface area contributed by atoms with Crippen molar-refractivity contribution in [1.29, 1.82) is 0 Å². The van der Waals surface area contributed by atoms with Gasteiger partial charge in [-0.2, -0.15) is 0 Å². The van der Waals surface area contributed by atoms with Crippen LogP contribution in [0.1, 0.15) is 23.6 Å². The second kappa shape index (κ2) is 6.34. The summed E-state index contributed by atoms with van der Waals surface area (Å²) in [6, 6.07) is 16.3. The van der Waals surface area contributed by atoms with Gasteiger partial charge in [-0.1, -0.05) is 41.6 Å². The van der Waals surface area contributed by atoms with E-state index < -0.39 is 0 Å². The number of benzene rings is 1. The summed E-state index contributed by atoms with van der Waals surface area (Å²) in [5.74, 6) is 1.41. The molecule has 0 amide bonds. The fourth-order valence-electron chi connectivity index (χ4n) is 3.22. The van der Waals surface area contributed by atoms with E-state index in [-0.39, 0.29) is 0 Å². The van der Waals surface area contributed by atoms with Crippen molar-refractivity contribution in [3.8, 4) is 11.3 Å². The molecule has 2 aromatic heterocycles. The van der Waals surface area contributed by atoms with Gasteiger partial charge in [-0.05, 0) is 30.5 Å². The molecule has 0 aliphatic carbocycles. The van der Waals surface area contributed by atoms with Gasteiger partial charge < -0.3 is 4.52 Å². The maximum atomic E-state index is 5.49. The summed E-state index contributed by atoms with van der Waals surface area (Å²) in [5, 5.41) is 4.22. The van der Waals surface area contributed by atoms with Crippen LogP contribution < -0.4 is 0 Å². The van der Waals surface area contributed by atoms with Crippen LogP contribution in [-0.4, -0.2) is 28.1 Å². The highest BCUT2D eigenvalue weighted by atomic mass is 16.5. The molecule has 4 nitrogen and oxygen atoms in total. The molecule has 0 N–H and O–H groups in total. The molecule has 1 saturated heterocycles. The first-order chi connectivity index (χ1) is 11.4. The minimum Gasteiger partial charge on any atom is -0.356 e. The van der Waals surface area contributed by atoms with Gasteiger partial charge in [0.25, 0.3) is 0 Å². The smallest absolute Gasteiger partial charge is 0.167 e. The molecular formula is C19H19N3O. The van der Waals surface area contributed by atoms with Crippen molar-refractivity contribution >= 4 is 0 Å². The van der Waals surface area contributed by atoms with Crippen molar-refractivity contribution in [2.24, 2.45) is 0 Å². The Labute approximate surface area is 135 Å². The number of likely N-dealkylation sites (tertiary alicyclic amines) is 1. The Morgan fingerprint density at radius 1 is 1.13 bits per heavy atom. The molecule has 3 heterocycles. The van der Waals surface area contributed by atoms with E-state index in [0.29, 0.717) is 5.92 Å². The lowest BCUT2D eigenvalue weighted by molar-refractivity contribution is 0.311. The third kappa shape index (κ3) is 3.17. The molecule has 1 aliphatic rings. The Morgan fingerprint density at radius 2 is 2.04 bits per heavy atom. The molecule has 23 heavy (non-hydrogen) atoms. The number of pyridine rings is 1. The van der Waals surface area contributed by atoms with Crippen LogP contribution in [0.5, 0.6) is 0 Å². The molecule has 1 fully saturated rings. The Morgan fingerprint density at radius 3 is 2.87 bits per heavy atom. The number of rotatable bonds is 4. The van der Waals surface area contributed by atoms with Gasteiger partial charge in [-0.3, -0.25) is 9.88 Å². The van der Waals surface area contributed by atoms with E-state index >= 15 is 0 Å². The molecule has 4 rings (SSSR count). The lowest BCUT2D eigenvalue weighted by Crippen LogP contribution is -2.19. The van der Waals surface area contributed by atoms with Crippen LogP contribution in [0.2, 0.25) is 0 Å². The van der Waals surface area contributed by atoms with E-state index in [0.717, 1.165) is 36.7 Å². The molecule has 0 saturated carbocycles. The van der Waals surface area contributed by atoms with Crippen molar-refractivity contribution in [2.75, 3.05) is 13.1 Å². The monoisotopic (exact) mass is 305 g/mol. The van der Waals surface area contributed by atoms with Gasteiger partial charge in [0.2, 0.25) is 0 Å². The predicted molar refractivity (Wildman–Crippen MR) is 88.8 cm³/mol. The lowest BCUT2D eigenvalue weighted by atomic mass is 10.0. The summed E-state index contributed by atoms with van der Waals surface area (Å²) < 4.78 is 5.49. The summed E-state index contributed by atoms with van der Waals surface area (Å²) in [6.07, 6.45) is 4.99. The van der Waals surface area contributed by atoms with Crippen molar-refractivity contribution in [3.05, 3.63) is 72.2 Å². The zero-order valence-corrected chi connectivity index (χ0v) is 12.9. The van der Waals surface area contributed by atoms with Crippen LogP contribution in [0.15, 0.2) is 65.4 Å². The molecule has 0 bridgehead atoms. The highest BCUT2D eigenvalue weighted by molar-refractivity contribution is 5.56. The van der Waals surface area contributed by atoms with Crippen LogP contribution in [-0.2, 0) is 6.54 Å². The minimum absolute atomic E-state index is 0.573. The van der Waals surface area contributed by atoms with Gasteiger partial charge in [-0.15, -0.1) is 0 Å². The largest absolute Gasteiger partial charge is 0.356 e. The average Bonchev–Trinajstić information content (AvgIpc) is 3.27. The molecule has 1 aliphatic heterocycles. The standard InChI is InChI=1S/C19H19N3O/c1-2-5-15(6-3-1)19-11-18(21-23-19)14-22-10-8-17(13-22)16-7-4-9-20-12-16/h1-7,9,11-12,17H,8,10,13-14H2. The summed E-state index contributed by atoms with van der Waals surface area (Å²) >= 11 is 0. The third-order valence-corrected chi connectivity index (χ3v) is 4.43. The second-order valence-corrected chi connectivity index (χ2v) is 6.06. The Hall–Kier alpha value is -2.46. The average molecular weight is 305 g/mol. The van der Waals surface area contributed by atoms with Crippen molar-refractivity contribution in [3.63, 3.8) is 0 Å². The summed E-state index contributed by atoms with van der Waals surface area (Å²) in [5.41, 5.74) is 3.40. The van der Waals surface area contributed by atoms with E-state index in [1.807, 2.05) is 54.9 Å². The Bertz CT molecular complexity index is 755. The van der Waals surface area contributed by atoms with E-state index in [2.05, 4.69) is 21.1 Å². The fourth-order valence-corrected chi connectivity index (χ4v) is 3.22. The first kappa shape index (κ1) is 14.2. The van der Waals surface area contributed by atoms with Gasteiger partial charge >= 0.3 is 0 Å². The number of nitrogens with zero attached hydrogens (tertiary/aromatic N) is 3. The highest BCUT2D eigenvalue weighted by Crippen LogP contribution is 2.28. The molecule has 3 aromatic rings. The first-order valence-corrected chi connectivity index (χ1v) is 8.02. The zero-order chi connectivity index (χ0) is 15.5.